The van der Waals surface area contributed by atoms with Crippen LogP contribution >= 0.6 is 11.8 Å². The van der Waals surface area contributed by atoms with Crippen LogP contribution in [-0.4, -0.2) is 40.5 Å². The molecule has 12 nitrogen and oxygen atoms in total. The standard InChI is InChI=1S/C23H21N7O5S/c1-27-18(12-20(32)28(2)23(27)33)24-19(31)14-36-22-26-25-21(16-8-10-17(11-9-16)30(34)35)29(22)13-15-6-4-3-5-7-15/h3-12H,13-14H2,1-2H3,(H,24,31). The maximum Gasteiger partial charge on any atom is 0.332 e. The molecule has 0 spiro atoms. The Balaban J connectivity index is 1.58. The number of anilines is 1. The number of non-ortho nitro benzene ring substituents is 1. The molecule has 1 amide bonds. The van der Waals surface area contributed by atoms with Crippen LogP contribution in [0.25, 0.3) is 11.4 Å². The van der Waals surface area contributed by atoms with Crippen LogP contribution < -0.4 is 16.6 Å². The maximum atomic E-state index is 12.6. The zero-order valence-corrected chi connectivity index (χ0v) is 20.1. The lowest BCUT2D eigenvalue weighted by Crippen LogP contribution is -2.38. The van der Waals surface area contributed by atoms with Gasteiger partial charge in [-0.3, -0.25) is 33.4 Å². The molecule has 4 aromatic rings. The van der Waals surface area contributed by atoms with Crippen LogP contribution in [0, 0.1) is 10.1 Å². The van der Waals surface area contributed by atoms with Crippen molar-refractivity contribution in [2.45, 2.75) is 11.7 Å². The lowest BCUT2D eigenvalue weighted by atomic mass is 10.2. The van der Waals surface area contributed by atoms with Crippen molar-refractivity contribution in [3.05, 3.63) is 97.2 Å². The van der Waals surface area contributed by atoms with Crippen LogP contribution in [0.5, 0.6) is 0 Å². The molecular weight excluding hydrogens is 486 g/mol. The zero-order chi connectivity index (χ0) is 25.8. The highest BCUT2D eigenvalue weighted by atomic mass is 32.2. The van der Waals surface area contributed by atoms with Gasteiger partial charge in [0.1, 0.15) is 5.82 Å². The highest BCUT2D eigenvalue weighted by Crippen LogP contribution is 2.26. The summed E-state index contributed by atoms with van der Waals surface area (Å²) < 4.78 is 3.94. The van der Waals surface area contributed by atoms with Crippen molar-refractivity contribution >= 4 is 29.2 Å². The molecular formula is C23H21N7O5S. The Morgan fingerprint density at radius 1 is 1.03 bits per heavy atom. The monoisotopic (exact) mass is 507 g/mol. The molecule has 0 atom stereocenters. The number of amides is 1. The van der Waals surface area contributed by atoms with Gasteiger partial charge in [-0.05, 0) is 17.7 Å². The molecule has 184 valence electrons. The van der Waals surface area contributed by atoms with Crippen LogP contribution in [-0.2, 0) is 25.4 Å². The van der Waals surface area contributed by atoms with E-state index in [1.54, 1.807) is 12.1 Å². The molecule has 0 saturated carbocycles. The summed E-state index contributed by atoms with van der Waals surface area (Å²) in [6.45, 7) is 0.410. The summed E-state index contributed by atoms with van der Waals surface area (Å²) in [5.41, 5.74) is 0.485. The number of aromatic nitrogens is 5. The number of nitrogens with zero attached hydrogens (tertiary/aromatic N) is 6. The van der Waals surface area contributed by atoms with Gasteiger partial charge in [0, 0.05) is 37.9 Å². The van der Waals surface area contributed by atoms with Gasteiger partial charge in [0.15, 0.2) is 11.0 Å². The molecule has 0 unspecified atom stereocenters. The van der Waals surface area contributed by atoms with Gasteiger partial charge in [-0.1, -0.05) is 42.1 Å². The van der Waals surface area contributed by atoms with Gasteiger partial charge in [-0.2, -0.15) is 0 Å². The van der Waals surface area contributed by atoms with Crippen molar-refractivity contribution in [3.63, 3.8) is 0 Å². The Kier molecular flexibility index (Phi) is 7.10. The molecule has 0 bridgehead atoms. The van der Waals surface area contributed by atoms with Crippen molar-refractivity contribution in [2.24, 2.45) is 14.1 Å². The second-order valence-corrected chi connectivity index (χ2v) is 8.73. The molecule has 1 N–H and O–H groups in total. The van der Waals surface area contributed by atoms with E-state index in [4.69, 9.17) is 0 Å². The number of carbonyl (C=O) groups excluding carboxylic acids is 1. The number of rotatable bonds is 8. The third-order valence-corrected chi connectivity index (χ3v) is 6.33. The van der Waals surface area contributed by atoms with E-state index < -0.39 is 22.1 Å². The molecule has 2 aromatic carbocycles. The van der Waals surface area contributed by atoms with Crippen LogP contribution in [0.3, 0.4) is 0 Å². The number of benzene rings is 2. The van der Waals surface area contributed by atoms with Crippen LogP contribution in [0.2, 0.25) is 0 Å². The van der Waals surface area contributed by atoms with Gasteiger partial charge in [-0.25, -0.2) is 4.79 Å². The minimum Gasteiger partial charge on any atom is -0.311 e. The molecule has 2 aromatic heterocycles. The normalized spacial score (nSPS) is 10.8. The maximum absolute atomic E-state index is 12.6. The molecule has 0 aliphatic heterocycles. The minimum atomic E-state index is -0.555. The highest BCUT2D eigenvalue weighted by Gasteiger charge is 2.18. The predicted molar refractivity (Wildman–Crippen MR) is 134 cm³/mol. The second-order valence-electron chi connectivity index (χ2n) is 7.79. The third-order valence-electron chi connectivity index (χ3n) is 5.36. The van der Waals surface area contributed by atoms with Crippen molar-refractivity contribution in [1.29, 1.82) is 0 Å². The molecule has 0 saturated heterocycles. The van der Waals surface area contributed by atoms with Gasteiger partial charge in [0.2, 0.25) is 5.91 Å². The van der Waals surface area contributed by atoms with E-state index in [9.17, 15) is 24.5 Å². The first kappa shape index (κ1) is 24.6. The molecule has 4 rings (SSSR count). The molecule has 0 aliphatic rings. The van der Waals surface area contributed by atoms with Gasteiger partial charge < -0.3 is 5.32 Å². The van der Waals surface area contributed by atoms with E-state index in [0.717, 1.165) is 21.9 Å². The Hall–Kier alpha value is -4.52. The molecule has 0 fully saturated rings. The molecule has 0 aliphatic carbocycles. The number of nitro benzene ring substituents is 1. The smallest absolute Gasteiger partial charge is 0.311 e. The number of thioether (sulfide) groups is 1. The van der Waals surface area contributed by atoms with Crippen LogP contribution in [0.1, 0.15) is 5.56 Å². The summed E-state index contributed by atoms with van der Waals surface area (Å²) in [5.74, 6) is 0.0855. The highest BCUT2D eigenvalue weighted by molar-refractivity contribution is 7.99. The summed E-state index contributed by atoms with van der Waals surface area (Å²) in [4.78, 5) is 47.2. The van der Waals surface area contributed by atoms with Gasteiger partial charge in [-0.15, -0.1) is 10.2 Å². The van der Waals surface area contributed by atoms with E-state index in [1.807, 2.05) is 34.9 Å². The second kappa shape index (κ2) is 10.4. The number of hydrogen-bond acceptors (Lipinski definition) is 8. The van der Waals surface area contributed by atoms with Crippen molar-refractivity contribution < 1.29 is 9.72 Å². The lowest BCUT2D eigenvalue weighted by Gasteiger charge is -2.12. The SMILES string of the molecule is Cn1c(NC(=O)CSc2nnc(-c3ccc([N+](=O)[O-])cc3)n2Cc2ccccc2)cc(=O)n(C)c1=O. The van der Waals surface area contributed by atoms with Crippen molar-refractivity contribution in [3.8, 4) is 11.4 Å². The Bertz CT molecular complexity index is 1540. The number of carbonyl (C=O) groups is 1. The van der Waals surface area contributed by atoms with E-state index >= 15 is 0 Å². The van der Waals surface area contributed by atoms with Crippen molar-refractivity contribution in [2.75, 3.05) is 11.1 Å². The van der Waals surface area contributed by atoms with E-state index in [-0.39, 0.29) is 17.3 Å². The average molecular weight is 508 g/mol. The third kappa shape index (κ3) is 5.25. The zero-order valence-electron chi connectivity index (χ0n) is 19.3. The quantitative estimate of drug-likeness (QED) is 0.216. The van der Waals surface area contributed by atoms with Crippen molar-refractivity contribution in [1.82, 2.24) is 23.9 Å². The van der Waals surface area contributed by atoms with E-state index in [1.165, 1.54) is 36.9 Å². The first-order valence-electron chi connectivity index (χ1n) is 10.7. The molecule has 36 heavy (non-hydrogen) atoms. The van der Waals surface area contributed by atoms with Crippen LogP contribution in [0.15, 0.2) is 75.4 Å². The minimum absolute atomic E-state index is 0.0377. The Labute approximate surface area is 208 Å². The summed E-state index contributed by atoms with van der Waals surface area (Å²) in [5, 5.41) is 22.6. The Morgan fingerprint density at radius 3 is 2.39 bits per heavy atom. The molecule has 13 heteroatoms. The fraction of sp³-hybridized carbons (Fsp3) is 0.174. The summed E-state index contributed by atoms with van der Waals surface area (Å²) >= 11 is 1.13. The summed E-state index contributed by atoms with van der Waals surface area (Å²) in [7, 11) is 2.81. The lowest BCUT2D eigenvalue weighted by molar-refractivity contribution is -0.384. The fourth-order valence-corrected chi connectivity index (χ4v) is 4.15. The first-order chi connectivity index (χ1) is 17.2. The molecule has 2 heterocycles. The summed E-state index contributed by atoms with van der Waals surface area (Å²) in [6.07, 6.45) is 0. The predicted octanol–water partition coefficient (Wildman–Crippen LogP) is 2.03. The largest absolute Gasteiger partial charge is 0.332 e. The number of nitro groups is 1. The summed E-state index contributed by atoms with van der Waals surface area (Å²) in [6, 6.07) is 16.7. The van der Waals surface area contributed by atoms with E-state index in [0.29, 0.717) is 23.1 Å². The Morgan fingerprint density at radius 2 is 1.72 bits per heavy atom. The topological polar surface area (TPSA) is 147 Å². The number of hydrogen-bond donors (Lipinski definition) is 1. The fourth-order valence-electron chi connectivity index (χ4n) is 3.41. The first-order valence-corrected chi connectivity index (χ1v) is 11.6. The number of nitrogens with one attached hydrogen (secondary N) is 1. The van der Waals surface area contributed by atoms with Gasteiger partial charge >= 0.3 is 5.69 Å². The van der Waals surface area contributed by atoms with Gasteiger partial charge in [0.05, 0.1) is 17.2 Å². The van der Waals surface area contributed by atoms with Gasteiger partial charge in [0.25, 0.3) is 11.2 Å². The van der Waals surface area contributed by atoms with Crippen LogP contribution in [0.4, 0.5) is 11.5 Å². The average Bonchev–Trinajstić information content (AvgIpc) is 3.27. The molecule has 0 radical (unpaired) electrons. The van der Waals surface area contributed by atoms with E-state index in [2.05, 4.69) is 15.5 Å².